The van der Waals surface area contributed by atoms with E-state index in [0.717, 1.165) is 49.3 Å². The zero-order valence-corrected chi connectivity index (χ0v) is 23.1. The molecule has 0 bridgehead atoms. The van der Waals surface area contributed by atoms with Gasteiger partial charge in [-0.2, -0.15) is 0 Å². The van der Waals surface area contributed by atoms with Crippen molar-refractivity contribution in [1.82, 2.24) is 35.0 Å². The van der Waals surface area contributed by atoms with Gasteiger partial charge >= 0.3 is 0 Å². The Bertz CT molecular complexity index is 1460. The number of benzene rings is 2. The number of piperazine rings is 1. The number of H-pyrrole nitrogens is 1. The molecular formula is C31H39N7O. The van der Waals surface area contributed by atoms with Crippen LogP contribution in [0.2, 0.25) is 0 Å². The molecule has 39 heavy (non-hydrogen) atoms. The molecule has 1 saturated carbocycles. The quantitative estimate of drug-likeness (QED) is 0.385. The van der Waals surface area contributed by atoms with Gasteiger partial charge in [0.25, 0.3) is 5.56 Å². The van der Waals surface area contributed by atoms with E-state index in [4.69, 9.17) is 0 Å². The lowest BCUT2D eigenvalue weighted by Crippen LogP contribution is -2.52. The average molecular weight is 526 g/mol. The number of rotatable bonds is 7. The molecule has 1 aliphatic heterocycles. The second-order valence-electron chi connectivity index (χ2n) is 11.3. The number of nitrogens with one attached hydrogen (secondary N) is 1. The van der Waals surface area contributed by atoms with Crippen LogP contribution in [0.4, 0.5) is 0 Å². The van der Waals surface area contributed by atoms with Crippen LogP contribution in [0.5, 0.6) is 0 Å². The van der Waals surface area contributed by atoms with Gasteiger partial charge in [-0.3, -0.25) is 14.6 Å². The fourth-order valence-electron chi connectivity index (χ4n) is 6.45. The van der Waals surface area contributed by atoms with Gasteiger partial charge in [-0.1, -0.05) is 49.6 Å². The van der Waals surface area contributed by atoms with Crippen LogP contribution in [0.15, 0.2) is 53.3 Å². The molecular weight excluding hydrogens is 486 g/mol. The Kier molecular flexibility index (Phi) is 7.57. The summed E-state index contributed by atoms with van der Waals surface area (Å²) in [6.07, 6.45) is 7.50. The second-order valence-corrected chi connectivity index (χ2v) is 11.3. The van der Waals surface area contributed by atoms with Crippen molar-refractivity contribution in [3.8, 4) is 0 Å². The highest BCUT2D eigenvalue weighted by molar-refractivity contribution is 5.81. The standard InChI is InChI=1S/C31H39N7O/c1-22-19-25-21-27(31(39)32-28(25)20-23(22)2)29(37-17-15-36(16-18-37)26-11-7-4-8-12-26)30-33-34-35-38(30)14-13-24-9-5-3-6-10-24/h3,5-6,9-10,19-21,26,29H,4,7-8,11-18H2,1-2H3,(H,32,39). The van der Waals surface area contributed by atoms with Crippen molar-refractivity contribution in [2.45, 2.75) is 71.0 Å². The molecule has 6 rings (SSSR count). The minimum Gasteiger partial charge on any atom is -0.322 e. The molecule has 2 aromatic heterocycles. The predicted octanol–water partition coefficient (Wildman–Crippen LogP) is 4.41. The molecule has 204 valence electrons. The van der Waals surface area contributed by atoms with E-state index in [1.807, 2.05) is 10.7 Å². The van der Waals surface area contributed by atoms with Crippen LogP contribution in [0.3, 0.4) is 0 Å². The fourth-order valence-corrected chi connectivity index (χ4v) is 6.45. The Balaban J connectivity index is 1.34. The first kappa shape index (κ1) is 25.9. The van der Waals surface area contributed by atoms with E-state index in [0.29, 0.717) is 18.2 Å². The highest BCUT2D eigenvalue weighted by atomic mass is 16.1. The Labute approximate surface area is 230 Å². The molecule has 3 heterocycles. The van der Waals surface area contributed by atoms with E-state index < -0.39 is 0 Å². The lowest BCUT2D eigenvalue weighted by molar-refractivity contribution is 0.0617. The summed E-state index contributed by atoms with van der Waals surface area (Å²) in [5.74, 6) is 0.741. The van der Waals surface area contributed by atoms with Gasteiger partial charge in [0.2, 0.25) is 0 Å². The van der Waals surface area contributed by atoms with Crippen LogP contribution in [0.25, 0.3) is 10.9 Å². The molecule has 1 saturated heterocycles. The lowest BCUT2D eigenvalue weighted by atomic mass is 9.93. The summed E-state index contributed by atoms with van der Waals surface area (Å²) in [6.45, 7) is 8.65. The highest BCUT2D eigenvalue weighted by Crippen LogP contribution is 2.30. The summed E-state index contributed by atoms with van der Waals surface area (Å²) in [7, 11) is 0. The molecule has 8 heteroatoms. The largest absolute Gasteiger partial charge is 0.322 e. The molecule has 0 radical (unpaired) electrons. The molecule has 1 unspecified atom stereocenters. The number of nitrogens with zero attached hydrogens (tertiary/aromatic N) is 6. The van der Waals surface area contributed by atoms with Crippen molar-refractivity contribution < 1.29 is 0 Å². The first-order valence-electron chi connectivity index (χ1n) is 14.5. The number of aromatic amines is 1. The van der Waals surface area contributed by atoms with Gasteiger partial charge < -0.3 is 4.98 Å². The molecule has 2 aromatic carbocycles. The zero-order valence-electron chi connectivity index (χ0n) is 23.1. The molecule has 2 aliphatic rings. The number of hydrogen-bond acceptors (Lipinski definition) is 6. The number of hydrogen-bond donors (Lipinski definition) is 1. The van der Waals surface area contributed by atoms with E-state index >= 15 is 0 Å². The van der Waals surface area contributed by atoms with Gasteiger partial charge in [0, 0.05) is 49.8 Å². The smallest absolute Gasteiger partial charge is 0.253 e. The number of aryl methyl sites for hydroxylation is 4. The number of pyridine rings is 1. The van der Waals surface area contributed by atoms with Crippen LogP contribution in [0.1, 0.15) is 66.2 Å². The van der Waals surface area contributed by atoms with Crippen LogP contribution < -0.4 is 5.56 Å². The molecule has 1 aliphatic carbocycles. The minimum absolute atomic E-state index is 0.0666. The van der Waals surface area contributed by atoms with Gasteiger partial charge in [-0.15, -0.1) is 5.10 Å². The molecule has 0 spiro atoms. The van der Waals surface area contributed by atoms with Crippen molar-refractivity contribution in [3.63, 3.8) is 0 Å². The third-order valence-electron chi connectivity index (χ3n) is 8.85. The summed E-state index contributed by atoms with van der Waals surface area (Å²) in [5.41, 5.74) is 5.15. The Hall–Kier alpha value is -3.36. The average Bonchev–Trinajstić information content (AvgIpc) is 3.43. The Morgan fingerprint density at radius 2 is 1.69 bits per heavy atom. The van der Waals surface area contributed by atoms with Gasteiger partial charge in [0.05, 0.1) is 0 Å². The van der Waals surface area contributed by atoms with Crippen molar-refractivity contribution in [1.29, 1.82) is 0 Å². The molecule has 2 fully saturated rings. The number of tetrazole rings is 1. The summed E-state index contributed by atoms with van der Waals surface area (Å²) in [6, 6.07) is 17.1. The fraction of sp³-hybridized carbons (Fsp3) is 0.484. The van der Waals surface area contributed by atoms with E-state index in [-0.39, 0.29) is 11.6 Å². The third kappa shape index (κ3) is 5.54. The summed E-state index contributed by atoms with van der Waals surface area (Å²) in [5, 5.41) is 14.1. The van der Waals surface area contributed by atoms with Crippen molar-refractivity contribution in [2.24, 2.45) is 0 Å². The Morgan fingerprint density at radius 3 is 2.46 bits per heavy atom. The topological polar surface area (TPSA) is 82.9 Å². The van der Waals surface area contributed by atoms with E-state index in [2.05, 4.69) is 86.6 Å². The highest BCUT2D eigenvalue weighted by Gasteiger charge is 2.34. The van der Waals surface area contributed by atoms with Crippen LogP contribution in [0, 0.1) is 13.8 Å². The lowest BCUT2D eigenvalue weighted by Gasteiger charge is -2.43. The summed E-state index contributed by atoms with van der Waals surface area (Å²) < 4.78 is 1.90. The van der Waals surface area contributed by atoms with E-state index in [1.165, 1.54) is 48.8 Å². The molecule has 1 N–H and O–H groups in total. The van der Waals surface area contributed by atoms with Gasteiger partial charge in [-0.05, 0) is 83.8 Å². The van der Waals surface area contributed by atoms with Crippen molar-refractivity contribution in [2.75, 3.05) is 26.2 Å². The number of aromatic nitrogens is 5. The molecule has 1 atom stereocenters. The van der Waals surface area contributed by atoms with Gasteiger partial charge in [0.15, 0.2) is 5.82 Å². The van der Waals surface area contributed by atoms with Crippen LogP contribution in [-0.2, 0) is 13.0 Å². The molecule has 8 nitrogen and oxygen atoms in total. The summed E-state index contributed by atoms with van der Waals surface area (Å²) >= 11 is 0. The molecule has 4 aromatic rings. The second kappa shape index (κ2) is 11.4. The maximum atomic E-state index is 13.6. The monoisotopic (exact) mass is 525 g/mol. The van der Waals surface area contributed by atoms with Crippen molar-refractivity contribution in [3.05, 3.63) is 87.0 Å². The SMILES string of the molecule is Cc1cc2cc(C(c3nnnn3CCc3ccccc3)N3CCN(C4CCCCC4)CC3)c(=O)[nH]c2cc1C. The van der Waals surface area contributed by atoms with Gasteiger partial charge in [-0.25, -0.2) is 4.68 Å². The maximum absolute atomic E-state index is 13.6. The summed E-state index contributed by atoms with van der Waals surface area (Å²) in [4.78, 5) is 21.9. The molecule has 0 amide bonds. The van der Waals surface area contributed by atoms with E-state index in [9.17, 15) is 4.79 Å². The first-order valence-corrected chi connectivity index (χ1v) is 14.5. The van der Waals surface area contributed by atoms with Crippen LogP contribution in [-0.4, -0.2) is 67.2 Å². The minimum atomic E-state index is -0.306. The number of fused-ring (bicyclic) bond motifs is 1. The predicted molar refractivity (Wildman–Crippen MR) is 154 cm³/mol. The van der Waals surface area contributed by atoms with E-state index in [1.54, 1.807) is 0 Å². The zero-order chi connectivity index (χ0) is 26.8. The Morgan fingerprint density at radius 1 is 0.949 bits per heavy atom. The van der Waals surface area contributed by atoms with Crippen molar-refractivity contribution >= 4 is 10.9 Å². The maximum Gasteiger partial charge on any atom is 0.253 e. The normalized spacial score (nSPS) is 18.5. The third-order valence-corrected chi connectivity index (χ3v) is 8.85. The van der Waals surface area contributed by atoms with Gasteiger partial charge in [0.1, 0.15) is 6.04 Å². The first-order chi connectivity index (χ1) is 19.1. The van der Waals surface area contributed by atoms with Crippen LogP contribution >= 0.6 is 0 Å².